The minimum atomic E-state index is -0.691. The molecule has 1 aromatic carbocycles. The van der Waals surface area contributed by atoms with Crippen LogP contribution in [-0.2, 0) is 16.5 Å². The van der Waals surface area contributed by atoms with Crippen molar-refractivity contribution < 1.29 is 23.8 Å². The number of aryl methyl sites for hydroxylation is 1. The maximum Gasteiger partial charge on any atom is 0.323 e. The number of anilines is 3. The summed E-state index contributed by atoms with van der Waals surface area (Å²) >= 11 is 0. The first-order chi connectivity index (χ1) is 19.6. The van der Waals surface area contributed by atoms with Crippen molar-refractivity contribution in [3.63, 3.8) is 0 Å². The molecule has 0 radical (unpaired) electrons. The lowest BCUT2D eigenvalue weighted by Gasteiger charge is -2.34. The average Bonchev–Trinajstić information content (AvgIpc) is 3.30. The smallest absolute Gasteiger partial charge is 0.323 e. The van der Waals surface area contributed by atoms with Gasteiger partial charge in [0.15, 0.2) is 0 Å². The van der Waals surface area contributed by atoms with Gasteiger partial charge in [0.1, 0.15) is 11.2 Å². The number of carbonyl (C=O) groups is 2. The zero-order valence-electron chi connectivity index (χ0n) is 24.0. The monoisotopic (exact) mass is 564 g/mol. The summed E-state index contributed by atoms with van der Waals surface area (Å²) in [6.07, 6.45) is 3.26. The summed E-state index contributed by atoms with van der Waals surface area (Å²) in [5.41, 5.74) is 1.90. The molecule has 2 N–H and O–H groups in total. The molecule has 0 spiro atoms. The Morgan fingerprint density at radius 3 is 2.61 bits per heavy atom. The molecule has 1 fully saturated rings. The number of nitrogens with one attached hydrogen (secondary N) is 2. The van der Waals surface area contributed by atoms with Gasteiger partial charge in [-0.1, -0.05) is 12.1 Å². The van der Waals surface area contributed by atoms with Crippen LogP contribution in [0.15, 0.2) is 36.7 Å². The Hall–Kier alpha value is -4.23. The van der Waals surface area contributed by atoms with Gasteiger partial charge in [-0.3, -0.25) is 9.48 Å². The molecule has 218 valence electrons. The molecule has 5 rings (SSSR count). The second kappa shape index (κ2) is 11.7. The van der Waals surface area contributed by atoms with Gasteiger partial charge in [-0.05, 0) is 32.9 Å². The van der Waals surface area contributed by atoms with E-state index in [-0.39, 0.29) is 17.8 Å². The van der Waals surface area contributed by atoms with Gasteiger partial charge < -0.3 is 34.6 Å². The number of methoxy groups -OCH3 is 1. The van der Waals surface area contributed by atoms with Gasteiger partial charge in [0.05, 0.1) is 50.0 Å². The van der Waals surface area contributed by atoms with Gasteiger partial charge in [0.25, 0.3) is 5.91 Å². The van der Waals surface area contributed by atoms with Crippen LogP contribution >= 0.6 is 0 Å². The summed E-state index contributed by atoms with van der Waals surface area (Å²) in [7, 11) is 3.38. The number of amides is 3. The number of ether oxygens (including phenoxy) is 3. The number of morpholine rings is 1. The second-order valence-corrected chi connectivity index (χ2v) is 10.8. The maximum absolute atomic E-state index is 14.0. The molecule has 0 saturated carbocycles. The van der Waals surface area contributed by atoms with E-state index in [1.807, 2.05) is 32.9 Å². The largest absolute Gasteiger partial charge is 0.469 e. The summed E-state index contributed by atoms with van der Waals surface area (Å²) in [6, 6.07) is 6.81. The van der Waals surface area contributed by atoms with Gasteiger partial charge in [-0.2, -0.15) is 10.1 Å². The zero-order valence-corrected chi connectivity index (χ0v) is 24.0. The predicted molar refractivity (Wildman–Crippen MR) is 153 cm³/mol. The Labute approximate surface area is 238 Å². The Morgan fingerprint density at radius 1 is 1.17 bits per heavy atom. The quantitative estimate of drug-likeness (QED) is 0.444. The minimum absolute atomic E-state index is 0.0484. The Balaban J connectivity index is 1.51. The number of carbonyl (C=O) groups excluding carboxylic acids is 2. The highest BCUT2D eigenvalue weighted by Crippen LogP contribution is 2.36. The first-order valence-corrected chi connectivity index (χ1v) is 13.5. The second-order valence-electron chi connectivity index (χ2n) is 10.8. The van der Waals surface area contributed by atoms with E-state index in [1.165, 1.54) is 0 Å². The first kappa shape index (κ1) is 28.3. The number of nitrogens with zero attached hydrogens (tertiary/aromatic N) is 6. The molecule has 0 aliphatic carbocycles. The van der Waals surface area contributed by atoms with Crippen LogP contribution < -0.4 is 20.3 Å². The van der Waals surface area contributed by atoms with Crippen molar-refractivity contribution in [1.29, 1.82) is 0 Å². The van der Waals surface area contributed by atoms with E-state index >= 15 is 0 Å². The number of fused-ring (bicyclic) bond motifs is 1. The lowest BCUT2D eigenvalue weighted by atomic mass is 10.0. The third-order valence-corrected chi connectivity index (χ3v) is 6.88. The summed E-state index contributed by atoms with van der Waals surface area (Å²) in [6.45, 7) is 8.79. The number of hydrogen-bond donors (Lipinski definition) is 2. The van der Waals surface area contributed by atoms with Crippen molar-refractivity contribution in [2.75, 3.05) is 62.1 Å². The molecule has 1 atom stereocenters. The Bertz CT molecular complexity index is 1410. The van der Waals surface area contributed by atoms with Gasteiger partial charge >= 0.3 is 6.03 Å². The van der Waals surface area contributed by atoms with Crippen LogP contribution in [0.2, 0.25) is 0 Å². The highest BCUT2D eigenvalue weighted by molar-refractivity contribution is 6.03. The number of benzene rings is 1. The van der Waals surface area contributed by atoms with E-state index in [9.17, 15) is 9.59 Å². The third-order valence-electron chi connectivity index (χ3n) is 6.88. The molecule has 0 bridgehead atoms. The van der Waals surface area contributed by atoms with Crippen molar-refractivity contribution >= 4 is 29.3 Å². The lowest BCUT2D eigenvalue weighted by Crippen LogP contribution is -2.44. The fourth-order valence-electron chi connectivity index (χ4n) is 4.91. The number of aromatic nitrogens is 4. The average molecular weight is 565 g/mol. The number of urea groups is 1. The molecule has 13 nitrogen and oxygen atoms in total. The van der Waals surface area contributed by atoms with E-state index in [1.54, 1.807) is 48.3 Å². The van der Waals surface area contributed by atoms with Crippen molar-refractivity contribution in [2.45, 2.75) is 32.4 Å². The first-order valence-electron chi connectivity index (χ1n) is 13.5. The van der Waals surface area contributed by atoms with Gasteiger partial charge in [0, 0.05) is 44.7 Å². The summed E-state index contributed by atoms with van der Waals surface area (Å²) < 4.78 is 18.9. The van der Waals surface area contributed by atoms with Crippen LogP contribution in [0.5, 0.6) is 5.88 Å². The molecule has 4 heterocycles. The van der Waals surface area contributed by atoms with Crippen LogP contribution in [0.25, 0.3) is 11.3 Å². The molecule has 3 amide bonds. The molecule has 3 aromatic rings. The van der Waals surface area contributed by atoms with Gasteiger partial charge in [-0.15, -0.1) is 0 Å². The van der Waals surface area contributed by atoms with Crippen LogP contribution in [0.4, 0.5) is 22.1 Å². The van der Waals surface area contributed by atoms with E-state index < -0.39 is 11.6 Å². The Kier molecular flexibility index (Phi) is 8.08. The van der Waals surface area contributed by atoms with E-state index in [2.05, 4.69) is 20.6 Å². The molecular formula is C28H36N8O5. The van der Waals surface area contributed by atoms with Crippen LogP contribution in [0.3, 0.4) is 0 Å². The Morgan fingerprint density at radius 2 is 1.93 bits per heavy atom. The fourth-order valence-corrected chi connectivity index (χ4v) is 4.91. The zero-order chi connectivity index (χ0) is 29.1. The summed E-state index contributed by atoms with van der Waals surface area (Å²) in [5, 5.41) is 9.60. The molecule has 0 unspecified atom stereocenters. The predicted octanol–water partition coefficient (Wildman–Crippen LogP) is 3.01. The fraction of sp³-hybridized carbons (Fsp3) is 0.464. The molecule has 2 aliphatic rings. The molecule has 13 heteroatoms. The minimum Gasteiger partial charge on any atom is -0.469 e. The van der Waals surface area contributed by atoms with Crippen LogP contribution in [0.1, 0.15) is 31.1 Å². The normalized spacial score (nSPS) is 18.4. The van der Waals surface area contributed by atoms with Crippen LogP contribution in [-0.4, -0.2) is 94.8 Å². The summed E-state index contributed by atoms with van der Waals surface area (Å²) in [4.78, 5) is 39.9. The van der Waals surface area contributed by atoms with Crippen molar-refractivity contribution in [2.24, 2.45) is 7.05 Å². The van der Waals surface area contributed by atoms with E-state index in [4.69, 9.17) is 24.2 Å². The van der Waals surface area contributed by atoms with Gasteiger partial charge in [0.2, 0.25) is 11.8 Å². The molecule has 2 aromatic heterocycles. The highest BCUT2D eigenvalue weighted by atomic mass is 16.5. The van der Waals surface area contributed by atoms with Crippen molar-refractivity contribution in [3.05, 3.63) is 42.2 Å². The lowest BCUT2D eigenvalue weighted by molar-refractivity contribution is 0.0448. The maximum atomic E-state index is 14.0. The van der Waals surface area contributed by atoms with Crippen molar-refractivity contribution in [1.82, 2.24) is 24.6 Å². The highest BCUT2D eigenvalue weighted by Gasteiger charge is 2.38. The van der Waals surface area contributed by atoms with E-state index in [0.717, 1.165) is 0 Å². The van der Waals surface area contributed by atoms with Crippen molar-refractivity contribution in [3.8, 4) is 17.1 Å². The van der Waals surface area contributed by atoms with Gasteiger partial charge in [-0.25, -0.2) is 9.78 Å². The molecular weight excluding hydrogens is 528 g/mol. The molecule has 1 saturated heterocycles. The number of rotatable bonds is 7. The summed E-state index contributed by atoms with van der Waals surface area (Å²) in [5.74, 6) is 0.496. The van der Waals surface area contributed by atoms with E-state index in [0.29, 0.717) is 73.6 Å². The topological polar surface area (TPSA) is 136 Å². The SMILES string of the molecule is COCCN1CC(C)(C)Oc2nc(N3CCOC[C@@H]3C)nc(-c3ccc(NC(=O)Nc4cnn(C)c4)cc3)c2C1=O. The molecule has 2 aliphatic heterocycles. The number of hydrogen-bond acceptors (Lipinski definition) is 9. The molecule has 41 heavy (non-hydrogen) atoms. The van der Waals surface area contributed by atoms with Crippen LogP contribution in [0, 0.1) is 0 Å². The third kappa shape index (κ3) is 6.41. The standard InChI is InChI=1S/C28H36N8O5/c1-18-16-40-13-11-36(18)26-32-23(22-24(33-26)41-28(2,3)17-35(25(22)37)10-12-39-5)19-6-8-20(9-7-19)30-27(38)31-21-14-29-34(4)15-21/h6-9,14-15,18H,10-13,16-17H2,1-5H3,(H2,30,31,38)/t18-/m0/s1.